The summed E-state index contributed by atoms with van der Waals surface area (Å²) >= 11 is 6.89. The van der Waals surface area contributed by atoms with E-state index in [-0.39, 0.29) is 11.4 Å². The average Bonchev–Trinajstić information content (AvgIpc) is 2.08. The molecule has 0 fully saturated rings. The molecule has 1 aromatic rings. The maximum absolute atomic E-state index is 11.8. The second-order valence-corrected chi connectivity index (χ2v) is 6.38. The van der Waals surface area contributed by atoms with Crippen molar-refractivity contribution in [3.8, 4) is 0 Å². The van der Waals surface area contributed by atoms with E-state index in [9.17, 15) is 4.79 Å². The second-order valence-electron chi connectivity index (χ2n) is 4.68. The van der Waals surface area contributed by atoms with Gasteiger partial charge < -0.3 is 5.32 Å². The Kier molecular flexibility index (Phi) is 4.56. The van der Waals surface area contributed by atoms with Gasteiger partial charge in [-0.1, -0.05) is 37.9 Å². The first kappa shape index (κ1) is 13.7. The van der Waals surface area contributed by atoms with E-state index in [0.29, 0.717) is 6.42 Å². The molecule has 1 N–H and O–H groups in total. The van der Waals surface area contributed by atoms with Gasteiger partial charge in [0.2, 0.25) is 5.91 Å². The molecule has 0 aliphatic heterocycles. The fraction of sp³-hybridized carbons (Fsp3) is 0.417. The van der Waals surface area contributed by atoms with Crippen LogP contribution in [0.1, 0.15) is 26.3 Å². The molecule has 0 saturated heterocycles. The largest absolute Gasteiger partial charge is 0.351 e. The van der Waals surface area contributed by atoms with Gasteiger partial charge in [0, 0.05) is 14.5 Å². The third-order valence-corrected chi connectivity index (χ3v) is 3.40. The van der Waals surface area contributed by atoms with E-state index in [1.54, 1.807) is 0 Å². The van der Waals surface area contributed by atoms with Crippen LogP contribution in [0.4, 0.5) is 0 Å². The lowest BCUT2D eigenvalue weighted by Crippen LogP contribution is -2.41. The van der Waals surface area contributed by atoms with E-state index in [4.69, 9.17) is 0 Å². The van der Waals surface area contributed by atoms with Crippen LogP contribution in [0, 0.1) is 0 Å². The van der Waals surface area contributed by atoms with Crippen molar-refractivity contribution in [3.05, 3.63) is 32.7 Å². The highest BCUT2D eigenvalue weighted by Gasteiger charge is 2.16. The van der Waals surface area contributed by atoms with Crippen molar-refractivity contribution >= 4 is 37.8 Å². The zero-order valence-electron chi connectivity index (χ0n) is 9.60. The van der Waals surface area contributed by atoms with Gasteiger partial charge in [-0.3, -0.25) is 4.79 Å². The molecule has 0 heterocycles. The molecule has 1 rings (SSSR count). The molecule has 0 unspecified atom stereocenters. The van der Waals surface area contributed by atoms with Gasteiger partial charge in [-0.15, -0.1) is 0 Å². The third-order valence-electron chi connectivity index (χ3n) is 1.91. The Hall–Kier alpha value is -0.350. The third kappa shape index (κ3) is 4.26. The number of halogens is 2. The molecule has 0 atom stereocenters. The predicted molar refractivity (Wildman–Crippen MR) is 73.4 cm³/mol. The maximum Gasteiger partial charge on any atom is 0.224 e. The molecular weight excluding hydrogens is 334 g/mol. The molecule has 88 valence electrons. The minimum atomic E-state index is -0.190. The Morgan fingerprint density at radius 1 is 1.25 bits per heavy atom. The Morgan fingerprint density at radius 3 is 2.19 bits per heavy atom. The van der Waals surface area contributed by atoms with Crippen LogP contribution in [0.2, 0.25) is 0 Å². The molecule has 4 heteroatoms. The summed E-state index contributed by atoms with van der Waals surface area (Å²) in [5.74, 6) is 0.0279. The van der Waals surface area contributed by atoms with E-state index < -0.39 is 0 Å². The molecule has 0 radical (unpaired) electrons. The topological polar surface area (TPSA) is 29.1 Å². The van der Waals surface area contributed by atoms with Gasteiger partial charge in [-0.25, -0.2) is 0 Å². The molecule has 0 aliphatic rings. The van der Waals surface area contributed by atoms with Gasteiger partial charge in [0.05, 0.1) is 6.42 Å². The fourth-order valence-electron chi connectivity index (χ4n) is 1.32. The zero-order chi connectivity index (χ0) is 12.3. The lowest BCUT2D eigenvalue weighted by molar-refractivity contribution is -0.121. The number of rotatable bonds is 2. The summed E-state index contributed by atoms with van der Waals surface area (Å²) < 4.78 is 1.90. The van der Waals surface area contributed by atoms with Crippen LogP contribution in [0.5, 0.6) is 0 Å². The summed E-state index contributed by atoms with van der Waals surface area (Å²) in [4.78, 5) is 11.8. The van der Waals surface area contributed by atoms with Gasteiger partial charge in [0.1, 0.15) is 0 Å². The SMILES string of the molecule is CC(C)(C)NC(=O)Cc1c(Br)cccc1Br. The predicted octanol–water partition coefficient (Wildman–Crippen LogP) is 3.67. The van der Waals surface area contributed by atoms with Crippen molar-refractivity contribution in [1.29, 1.82) is 0 Å². The smallest absolute Gasteiger partial charge is 0.224 e. The molecule has 0 spiro atoms. The Morgan fingerprint density at radius 2 is 1.75 bits per heavy atom. The first-order valence-corrected chi connectivity index (χ1v) is 6.62. The van der Waals surface area contributed by atoms with Gasteiger partial charge >= 0.3 is 0 Å². The van der Waals surface area contributed by atoms with Crippen LogP contribution in [0.25, 0.3) is 0 Å². The van der Waals surface area contributed by atoms with Crippen molar-refractivity contribution in [2.45, 2.75) is 32.7 Å². The summed E-state index contributed by atoms with van der Waals surface area (Å²) in [6.45, 7) is 5.92. The van der Waals surface area contributed by atoms with E-state index in [1.165, 1.54) is 0 Å². The van der Waals surface area contributed by atoms with Gasteiger partial charge in [0.25, 0.3) is 0 Å². The number of hydrogen-bond acceptors (Lipinski definition) is 1. The van der Waals surface area contributed by atoms with E-state index in [1.807, 2.05) is 39.0 Å². The van der Waals surface area contributed by atoms with Crippen LogP contribution >= 0.6 is 31.9 Å². The van der Waals surface area contributed by atoms with Crippen LogP contribution in [-0.4, -0.2) is 11.4 Å². The van der Waals surface area contributed by atoms with Gasteiger partial charge in [-0.2, -0.15) is 0 Å². The summed E-state index contributed by atoms with van der Waals surface area (Å²) in [7, 11) is 0. The first-order valence-electron chi connectivity index (χ1n) is 5.03. The molecule has 1 aromatic carbocycles. The van der Waals surface area contributed by atoms with Gasteiger partial charge in [-0.05, 0) is 38.5 Å². The number of amides is 1. The quantitative estimate of drug-likeness (QED) is 0.868. The fourth-order valence-corrected chi connectivity index (χ4v) is 2.60. The summed E-state index contributed by atoms with van der Waals surface area (Å²) in [5.41, 5.74) is 0.786. The molecule has 0 aromatic heterocycles. The molecule has 0 saturated carbocycles. The highest BCUT2D eigenvalue weighted by Crippen LogP contribution is 2.25. The van der Waals surface area contributed by atoms with E-state index in [2.05, 4.69) is 37.2 Å². The molecular formula is C12H15Br2NO. The number of hydrogen-bond donors (Lipinski definition) is 1. The van der Waals surface area contributed by atoms with Crippen molar-refractivity contribution in [2.75, 3.05) is 0 Å². The maximum atomic E-state index is 11.8. The highest BCUT2D eigenvalue weighted by atomic mass is 79.9. The standard InChI is InChI=1S/C12H15Br2NO/c1-12(2,3)15-11(16)7-8-9(13)5-4-6-10(8)14/h4-6H,7H2,1-3H3,(H,15,16). The molecule has 2 nitrogen and oxygen atoms in total. The van der Waals surface area contributed by atoms with Crippen LogP contribution in [-0.2, 0) is 11.2 Å². The highest BCUT2D eigenvalue weighted by molar-refractivity contribution is 9.11. The lowest BCUT2D eigenvalue weighted by Gasteiger charge is -2.20. The van der Waals surface area contributed by atoms with Gasteiger partial charge in [0.15, 0.2) is 0 Å². The number of benzene rings is 1. The molecule has 0 aliphatic carbocycles. The van der Waals surface area contributed by atoms with Crippen LogP contribution in [0.15, 0.2) is 27.1 Å². The first-order chi connectivity index (χ1) is 7.29. The van der Waals surface area contributed by atoms with E-state index in [0.717, 1.165) is 14.5 Å². The Balaban J connectivity index is 2.78. The summed E-state index contributed by atoms with van der Waals surface area (Å²) in [6, 6.07) is 5.80. The number of carbonyl (C=O) groups excluding carboxylic acids is 1. The Bertz CT molecular complexity index is 376. The molecule has 1 amide bonds. The monoisotopic (exact) mass is 347 g/mol. The summed E-state index contributed by atoms with van der Waals surface area (Å²) in [5, 5.41) is 2.94. The average molecular weight is 349 g/mol. The van der Waals surface area contributed by atoms with Crippen LogP contribution in [0.3, 0.4) is 0 Å². The van der Waals surface area contributed by atoms with E-state index >= 15 is 0 Å². The lowest BCUT2D eigenvalue weighted by atomic mass is 10.1. The normalized spacial score (nSPS) is 11.3. The minimum absolute atomic E-state index is 0.0279. The zero-order valence-corrected chi connectivity index (χ0v) is 12.8. The van der Waals surface area contributed by atoms with Crippen LogP contribution < -0.4 is 5.32 Å². The summed E-state index contributed by atoms with van der Waals surface area (Å²) in [6.07, 6.45) is 0.374. The number of nitrogens with one attached hydrogen (secondary N) is 1. The number of carbonyl (C=O) groups is 1. The van der Waals surface area contributed by atoms with Crippen molar-refractivity contribution in [3.63, 3.8) is 0 Å². The Labute approximate surface area is 113 Å². The second kappa shape index (κ2) is 5.32. The minimum Gasteiger partial charge on any atom is -0.351 e. The molecule has 16 heavy (non-hydrogen) atoms. The van der Waals surface area contributed by atoms with Crippen molar-refractivity contribution in [2.24, 2.45) is 0 Å². The molecule has 0 bridgehead atoms. The van der Waals surface area contributed by atoms with Crippen molar-refractivity contribution < 1.29 is 4.79 Å². The van der Waals surface area contributed by atoms with Crippen molar-refractivity contribution in [1.82, 2.24) is 5.32 Å².